The SMILES string of the molecule is CCC(C)C(N)C(=O)NC(C(=O)NC(CC(=O)O)C(=O)NC(Cc1ccc(O)cc1)C(=O)O)C(C)O. The van der Waals surface area contributed by atoms with Gasteiger partial charge in [0.25, 0.3) is 0 Å². The summed E-state index contributed by atoms with van der Waals surface area (Å²) in [5.74, 6) is -6.00. The Morgan fingerprint density at radius 3 is 1.92 bits per heavy atom. The molecule has 3 amide bonds. The third-order valence-electron chi connectivity index (χ3n) is 5.62. The predicted octanol–water partition coefficient (Wildman–Crippen LogP) is -1.30. The number of hydrogen-bond donors (Lipinski definition) is 8. The Kier molecular flexibility index (Phi) is 11.8. The molecule has 0 aliphatic rings. The average molecular weight is 511 g/mol. The van der Waals surface area contributed by atoms with Crippen LogP contribution in [0.2, 0.25) is 0 Å². The number of aliphatic carboxylic acids is 2. The van der Waals surface area contributed by atoms with Gasteiger partial charge in [-0.15, -0.1) is 0 Å². The first-order valence-electron chi connectivity index (χ1n) is 11.3. The second-order valence-corrected chi connectivity index (χ2v) is 8.57. The van der Waals surface area contributed by atoms with E-state index in [4.69, 9.17) is 5.73 Å². The summed E-state index contributed by atoms with van der Waals surface area (Å²) in [4.78, 5) is 60.9. The van der Waals surface area contributed by atoms with Gasteiger partial charge in [-0.3, -0.25) is 19.2 Å². The van der Waals surface area contributed by atoms with E-state index in [0.29, 0.717) is 12.0 Å². The van der Waals surface area contributed by atoms with E-state index in [0.717, 1.165) is 0 Å². The minimum absolute atomic E-state index is 0.0382. The van der Waals surface area contributed by atoms with Crippen molar-refractivity contribution in [1.82, 2.24) is 16.0 Å². The van der Waals surface area contributed by atoms with E-state index in [1.807, 2.05) is 6.92 Å². The van der Waals surface area contributed by atoms with Gasteiger partial charge in [0.2, 0.25) is 17.7 Å². The van der Waals surface area contributed by atoms with Crippen LogP contribution in [0.5, 0.6) is 5.75 Å². The molecule has 0 bridgehead atoms. The van der Waals surface area contributed by atoms with Gasteiger partial charge in [-0.05, 0) is 30.5 Å². The van der Waals surface area contributed by atoms with Crippen LogP contribution in [0.3, 0.4) is 0 Å². The summed E-state index contributed by atoms with van der Waals surface area (Å²) in [5, 5.41) is 44.7. The summed E-state index contributed by atoms with van der Waals surface area (Å²) in [6.45, 7) is 4.76. The molecule has 0 aromatic heterocycles. The number of nitrogens with two attached hydrogens (primary N) is 1. The third kappa shape index (κ3) is 9.50. The van der Waals surface area contributed by atoms with Crippen LogP contribution in [0.4, 0.5) is 0 Å². The number of aliphatic hydroxyl groups is 1. The molecule has 0 spiro atoms. The van der Waals surface area contributed by atoms with Gasteiger partial charge >= 0.3 is 11.9 Å². The Hall–Kier alpha value is -3.71. The van der Waals surface area contributed by atoms with Crippen molar-refractivity contribution in [2.45, 2.75) is 70.3 Å². The molecule has 0 saturated heterocycles. The highest BCUT2D eigenvalue weighted by atomic mass is 16.4. The van der Waals surface area contributed by atoms with Crippen molar-refractivity contribution in [2.75, 3.05) is 0 Å². The van der Waals surface area contributed by atoms with E-state index in [9.17, 15) is 44.4 Å². The fourth-order valence-corrected chi connectivity index (χ4v) is 3.15. The normalized spacial score (nSPS) is 15.9. The molecule has 1 aromatic carbocycles. The first-order valence-corrected chi connectivity index (χ1v) is 11.3. The summed E-state index contributed by atoms with van der Waals surface area (Å²) in [6.07, 6.45) is -1.92. The number of carboxylic acids is 2. The molecule has 13 nitrogen and oxygen atoms in total. The summed E-state index contributed by atoms with van der Waals surface area (Å²) < 4.78 is 0. The van der Waals surface area contributed by atoms with Crippen LogP contribution in [0, 0.1) is 5.92 Å². The van der Waals surface area contributed by atoms with E-state index in [1.54, 1.807) is 6.92 Å². The van der Waals surface area contributed by atoms with Crippen molar-refractivity contribution >= 4 is 29.7 Å². The average Bonchev–Trinajstić information content (AvgIpc) is 2.80. The molecule has 0 aliphatic heterocycles. The first-order chi connectivity index (χ1) is 16.8. The lowest BCUT2D eigenvalue weighted by molar-refractivity contribution is -0.143. The van der Waals surface area contributed by atoms with Crippen LogP contribution in [0.15, 0.2) is 24.3 Å². The van der Waals surface area contributed by atoms with Crippen LogP contribution >= 0.6 is 0 Å². The van der Waals surface area contributed by atoms with Crippen LogP contribution in [0.25, 0.3) is 0 Å². The minimum Gasteiger partial charge on any atom is -0.508 e. The Bertz CT molecular complexity index is 936. The van der Waals surface area contributed by atoms with Gasteiger partial charge < -0.3 is 42.1 Å². The largest absolute Gasteiger partial charge is 0.508 e. The summed E-state index contributed by atoms with van der Waals surface area (Å²) in [6, 6.07) is -0.138. The summed E-state index contributed by atoms with van der Waals surface area (Å²) >= 11 is 0. The molecule has 1 aromatic rings. The zero-order chi connectivity index (χ0) is 27.6. The van der Waals surface area contributed by atoms with Crippen molar-refractivity contribution in [2.24, 2.45) is 11.7 Å². The van der Waals surface area contributed by atoms with E-state index in [-0.39, 0.29) is 18.1 Å². The highest BCUT2D eigenvalue weighted by molar-refractivity contribution is 5.95. The molecular formula is C23H34N4O9. The maximum absolute atomic E-state index is 12.8. The van der Waals surface area contributed by atoms with E-state index in [2.05, 4.69) is 16.0 Å². The zero-order valence-corrected chi connectivity index (χ0v) is 20.3. The number of benzene rings is 1. The maximum atomic E-state index is 12.8. The maximum Gasteiger partial charge on any atom is 0.326 e. The van der Waals surface area contributed by atoms with Crippen molar-refractivity contribution < 1.29 is 44.4 Å². The summed E-state index contributed by atoms with van der Waals surface area (Å²) in [7, 11) is 0. The molecule has 200 valence electrons. The van der Waals surface area contributed by atoms with E-state index >= 15 is 0 Å². The molecule has 36 heavy (non-hydrogen) atoms. The minimum atomic E-state index is -1.71. The quantitative estimate of drug-likeness (QED) is 0.147. The number of carboxylic acid groups (broad SMARTS) is 2. The lowest BCUT2D eigenvalue weighted by Gasteiger charge is -2.27. The number of carbonyl (C=O) groups is 5. The first kappa shape index (κ1) is 30.3. The molecule has 13 heteroatoms. The number of aromatic hydroxyl groups is 1. The van der Waals surface area contributed by atoms with Crippen molar-refractivity contribution in [1.29, 1.82) is 0 Å². The van der Waals surface area contributed by atoms with Gasteiger partial charge in [-0.1, -0.05) is 32.4 Å². The van der Waals surface area contributed by atoms with Gasteiger partial charge in [0.1, 0.15) is 23.9 Å². The van der Waals surface area contributed by atoms with Gasteiger partial charge in [0, 0.05) is 6.42 Å². The second kappa shape index (κ2) is 14.0. The standard InChI is InChI=1S/C23H34N4O9/c1-4-11(2)18(24)21(33)27-19(12(3)28)22(34)25-15(10-17(30)31)20(32)26-16(23(35)36)9-13-5-7-14(29)8-6-13/h5-8,11-12,15-16,18-19,28-29H,4,9-10,24H2,1-3H3,(H,25,34)(H,26,32)(H,27,33)(H,30,31)(H,35,36). The lowest BCUT2D eigenvalue weighted by atomic mass is 9.98. The highest BCUT2D eigenvalue weighted by Gasteiger charge is 2.34. The fourth-order valence-electron chi connectivity index (χ4n) is 3.15. The summed E-state index contributed by atoms with van der Waals surface area (Å²) in [5.41, 5.74) is 6.32. The fraction of sp³-hybridized carbons (Fsp3) is 0.522. The zero-order valence-electron chi connectivity index (χ0n) is 20.3. The number of aliphatic hydroxyl groups excluding tert-OH is 1. The molecule has 0 radical (unpaired) electrons. The van der Waals surface area contributed by atoms with Gasteiger partial charge in [0.15, 0.2) is 0 Å². The molecule has 0 saturated carbocycles. The number of hydrogen-bond acceptors (Lipinski definition) is 8. The molecule has 1 rings (SSSR count). The highest BCUT2D eigenvalue weighted by Crippen LogP contribution is 2.12. The molecular weight excluding hydrogens is 476 g/mol. The Morgan fingerprint density at radius 2 is 1.44 bits per heavy atom. The third-order valence-corrected chi connectivity index (χ3v) is 5.62. The number of carbonyl (C=O) groups excluding carboxylic acids is 3. The van der Waals surface area contributed by atoms with Crippen molar-refractivity contribution in [3.63, 3.8) is 0 Å². The van der Waals surface area contributed by atoms with Crippen LogP contribution < -0.4 is 21.7 Å². The van der Waals surface area contributed by atoms with Crippen molar-refractivity contribution in [3.05, 3.63) is 29.8 Å². The lowest BCUT2D eigenvalue weighted by Crippen LogP contribution is -2.60. The number of phenolic OH excluding ortho intramolecular Hbond substituents is 1. The van der Waals surface area contributed by atoms with Gasteiger partial charge in [0.05, 0.1) is 18.6 Å². The molecule has 0 fully saturated rings. The van der Waals surface area contributed by atoms with Crippen LogP contribution in [-0.2, 0) is 30.4 Å². The Morgan fingerprint density at radius 1 is 0.889 bits per heavy atom. The Labute approximate surface area is 208 Å². The number of phenols is 1. The van der Waals surface area contributed by atoms with Crippen LogP contribution in [-0.4, -0.2) is 80.4 Å². The predicted molar refractivity (Wildman–Crippen MR) is 127 cm³/mol. The number of rotatable bonds is 14. The molecule has 9 N–H and O–H groups in total. The monoisotopic (exact) mass is 510 g/mol. The van der Waals surface area contributed by atoms with Gasteiger partial charge in [-0.2, -0.15) is 0 Å². The van der Waals surface area contributed by atoms with Gasteiger partial charge in [-0.25, -0.2) is 4.79 Å². The van der Waals surface area contributed by atoms with Crippen LogP contribution in [0.1, 0.15) is 39.2 Å². The topological polar surface area (TPSA) is 228 Å². The molecule has 6 atom stereocenters. The number of nitrogens with one attached hydrogen (secondary N) is 3. The van der Waals surface area contributed by atoms with Crippen molar-refractivity contribution in [3.8, 4) is 5.75 Å². The smallest absolute Gasteiger partial charge is 0.326 e. The number of amides is 3. The van der Waals surface area contributed by atoms with E-state index in [1.165, 1.54) is 31.2 Å². The molecule has 0 aliphatic carbocycles. The Balaban J connectivity index is 3.01. The van der Waals surface area contributed by atoms with E-state index < -0.39 is 66.4 Å². The second-order valence-electron chi connectivity index (χ2n) is 8.57. The molecule has 6 unspecified atom stereocenters. The molecule has 0 heterocycles.